The molecule has 0 bridgehead atoms. The molecule has 6 nitrogen and oxygen atoms in total. The zero-order valence-electron chi connectivity index (χ0n) is 13.7. The fraction of sp³-hybridized carbons (Fsp3) is 0.765. The lowest BCUT2D eigenvalue weighted by Crippen LogP contribution is -2.47. The van der Waals surface area contributed by atoms with Crippen molar-refractivity contribution in [1.82, 2.24) is 9.97 Å². The van der Waals surface area contributed by atoms with Gasteiger partial charge in [0.15, 0.2) is 0 Å². The molecule has 3 N–H and O–H groups in total. The first-order valence-electron chi connectivity index (χ1n) is 8.99. The number of piperidine rings is 1. The van der Waals surface area contributed by atoms with Crippen LogP contribution < -0.4 is 15.5 Å². The minimum Gasteiger partial charge on any atom is -0.392 e. The molecule has 0 amide bonds. The minimum absolute atomic E-state index is 0.0613. The number of hydrogen-bond donors (Lipinski definition) is 2. The first-order valence-corrected chi connectivity index (χ1v) is 8.99. The van der Waals surface area contributed by atoms with Crippen LogP contribution in [0.25, 0.3) is 0 Å². The van der Waals surface area contributed by atoms with Gasteiger partial charge in [-0.05, 0) is 38.5 Å². The molecule has 6 heteroatoms. The number of hydrogen-bond acceptors (Lipinski definition) is 6. The molecule has 2 aliphatic heterocycles. The van der Waals surface area contributed by atoms with Gasteiger partial charge in [0.2, 0.25) is 5.95 Å². The zero-order chi connectivity index (χ0) is 15.9. The van der Waals surface area contributed by atoms with Gasteiger partial charge in [-0.25, -0.2) is 0 Å². The second-order valence-electron chi connectivity index (χ2n) is 7.43. The van der Waals surface area contributed by atoms with Crippen LogP contribution in [0.4, 0.5) is 17.6 Å². The summed E-state index contributed by atoms with van der Waals surface area (Å²) in [6.07, 6.45) is 7.73. The Labute approximate surface area is 137 Å². The Morgan fingerprint density at radius 3 is 2.35 bits per heavy atom. The lowest BCUT2D eigenvalue weighted by atomic mass is 9.77. The van der Waals surface area contributed by atoms with E-state index < -0.39 is 0 Å². The summed E-state index contributed by atoms with van der Waals surface area (Å²) in [5, 5.41) is 10.5. The van der Waals surface area contributed by atoms with Gasteiger partial charge >= 0.3 is 0 Å². The largest absolute Gasteiger partial charge is 0.392 e. The summed E-state index contributed by atoms with van der Waals surface area (Å²) in [5.74, 6) is 2.24. The van der Waals surface area contributed by atoms with E-state index in [4.69, 9.17) is 5.73 Å². The van der Waals surface area contributed by atoms with E-state index in [1.165, 1.54) is 12.8 Å². The number of aliphatic hydroxyl groups is 1. The quantitative estimate of drug-likeness (QED) is 0.866. The molecule has 2 saturated heterocycles. The van der Waals surface area contributed by atoms with Gasteiger partial charge in [-0.2, -0.15) is 9.97 Å². The first kappa shape index (κ1) is 15.0. The van der Waals surface area contributed by atoms with E-state index in [2.05, 4.69) is 25.8 Å². The van der Waals surface area contributed by atoms with Gasteiger partial charge in [-0.1, -0.05) is 6.42 Å². The minimum atomic E-state index is -0.164. The van der Waals surface area contributed by atoms with Crippen LogP contribution in [-0.2, 0) is 0 Å². The molecule has 1 saturated carbocycles. The molecule has 1 aliphatic carbocycles. The molecule has 3 fully saturated rings. The summed E-state index contributed by atoms with van der Waals surface area (Å²) >= 11 is 0. The average Bonchev–Trinajstić information content (AvgIpc) is 3.19. The van der Waals surface area contributed by atoms with Gasteiger partial charge < -0.3 is 20.6 Å². The zero-order valence-corrected chi connectivity index (χ0v) is 13.7. The molecule has 4 rings (SSSR count). The number of anilines is 3. The molecule has 1 aromatic heterocycles. The number of nitrogen functional groups attached to an aromatic ring is 1. The number of rotatable bonds is 2. The molecular formula is C17H27N5O. The molecule has 23 heavy (non-hydrogen) atoms. The van der Waals surface area contributed by atoms with Crippen LogP contribution in [-0.4, -0.2) is 47.4 Å². The summed E-state index contributed by atoms with van der Waals surface area (Å²) in [5.41, 5.74) is 6.04. The Balaban J connectivity index is 1.59. The number of nitrogens with two attached hydrogens (primary N) is 1. The lowest BCUT2D eigenvalue weighted by molar-refractivity contribution is 0.0408. The van der Waals surface area contributed by atoms with Crippen molar-refractivity contribution < 1.29 is 5.11 Å². The third-order valence-corrected chi connectivity index (χ3v) is 5.94. The van der Waals surface area contributed by atoms with E-state index in [9.17, 15) is 5.11 Å². The van der Waals surface area contributed by atoms with Crippen LogP contribution in [0.1, 0.15) is 44.9 Å². The molecule has 1 aromatic rings. The predicted octanol–water partition coefficient (Wildman–Crippen LogP) is 1.79. The van der Waals surface area contributed by atoms with Crippen molar-refractivity contribution in [3.05, 3.63) is 6.07 Å². The monoisotopic (exact) mass is 317 g/mol. The molecule has 0 radical (unpaired) electrons. The van der Waals surface area contributed by atoms with Crippen LogP contribution in [0, 0.1) is 5.41 Å². The smallest absolute Gasteiger partial charge is 0.223 e. The molecule has 0 unspecified atom stereocenters. The van der Waals surface area contributed by atoms with E-state index in [0.29, 0.717) is 5.95 Å². The van der Waals surface area contributed by atoms with Gasteiger partial charge in [0.05, 0.1) is 6.10 Å². The van der Waals surface area contributed by atoms with Crippen molar-refractivity contribution in [2.75, 3.05) is 41.7 Å². The fourth-order valence-corrected chi connectivity index (χ4v) is 4.66. The molecular weight excluding hydrogens is 290 g/mol. The first-order chi connectivity index (χ1) is 11.2. The van der Waals surface area contributed by atoms with Crippen molar-refractivity contribution >= 4 is 17.6 Å². The van der Waals surface area contributed by atoms with Crippen molar-refractivity contribution in [2.45, 2.75) is 51.0 Å². The molecule has 0 aromatic carbocycles. The topological polar surface area (TPSA) is 78.5 Å². The van der Waals surface area contributed by atoms with Crippen molar-refractivity contribution in [2.24, 2.45) is 5.41 Å². The SMILES string of the molecule is Nc1nc(N2CCCC2)cc(N2CCC[C@]3(CCC[C@H]3O)C2)n1. The van der Waals surface area contributed by atoms with E-state index >= 15 is 0 Å². The Kier molecular flexibility index (Phi) is 3.79. The molecule has 126 valence electrons. The third-order valence-electron chi connectivity index (χ3n) is 5.94. The number of aliphatic hydroxyl groups excluding tert-OH is 1. The number of aromatic nitrogens is 2. The van der Waals surface area contributed by atoms with Gasteiger partial charge in [0.1, 0.15) is 11.6 Å². The molecule has 1 spiro atoms. The maximum atomic E-state index is 10.5. The van der Waals surface area contributed by atoms with Crippen LogP contribution in [0.2, 0.25) is 0 Å². The van der Waals surface area contributed by atoms with Crippen LogP contribution >= 0.6 is 0 Å². The highest BCUT2D eigenvalue weighted by molar-refractivity contribution is 5.54. The average molecular weight is 317 g/mol. The Morgan fingerprint density at radius 1 is 1.00 bits per heavy atom. The fourth-order valence-electron chi connectivity index (χ4n) is 4.66. The lowest BCUT2D eigenvalue weighted by Gasteiger charge is -2.43. The van der Waals surface area contributed by atoms with E-state index in [1.54, 1.807) is 0 Å². The predicted molar refractivity (Wildman–Crippen MR) is 91.6 cm³/mol. The molecule has 2 atom stereocenters. The Bertz CT molecular complexity index is 574. The number of nitrogens with zero attached hydrogens (tertiary/aromatic N) is 4. The second-order valence-corrected chi connectivity index (χ2v) is 7.43. The van der Waals surface area contributed by atoms with Crippen molar-refractivity contribution in [1.29, 1.82) is 0 Å². The molecule has 3 aliphatic rings. The van der Waals surface area contributed by atoms with Crippen LogP contribution in [0.15, 0.2) is 6.07 Å². The summed E-state index contributed by atoms with van der Waals surface area (Å²) in [6, 6.07) is 2.09. The van der Waals surface area contributed by atoms with Crippen LogP contribution in [0.3, 0.4) is 0 Å². The highest BCUT2D eigenvalue weighted by Crippen LogP contribution is 2.45. The van der Waals surface area contributed by atoms with Crippen LogP contribution in [0.5, 0.6) is 0 Å². The normalized spacial score (nSPS) is 31.3. The summed E-state index contributed by atoms with van der Waals surface area (Å²) in [6.45, 7) is 3.99. The third kappa shape index (κ3) is 2.73. The van der Waals surface area contributed by atoms with Gasteiger partial charge in [-0.15, -0.1) is 0 Å². The van der Waals surface area contributed by atoms with Crippen molar-refractivity contribution in [3.8, 4) is 0 Å². The van der Waals surface area contributed by atoms with Gasteiger partial charge in [0, 0.05) is 37.7 Å². The Hall–Kier alpha value is -1.56. The highest BCUT2D eigenvalue weighted by atomic mass is 16.3. The maximum absolute atomic E-state index is 10.5. The Morgan fingerprint density at radius 2 is 1.65 bits per heavy atom. The summed E-state index contributed by atoms with van der Waals surface area (Å²) in [7, 11) is 0. The van der Waals surface area contributed by atoms with Crippen molar-refractivity contribution in [3.63, 3.8) is 0 Å². The maximum Gasteiger partial charge on any atom is 0.223 e. The summed E-state index contributed by atoms with van der Waals surface area (Å²) in [4.78, 5) is 13.5. The van der Waals surface area contributed by atoms with E-state index in [0.717, 1.165) is 69.9 Å². The van der Waals surface area contributed by atoms with E-state index in [1.807, 2.05) is 0 Å². The second kappa shape index (κ2) is 5.82. The van der Waals surface area contributed by atoms with E-state index in [-0.39, 0.29) is 11.5 Å². The summed E-state index contributed by atoms with van der Waals surface area (Å²) < 4.78 is 0. The standard InChI is InChI=1S/C17H27N5O/c18-16-19-14(21-8-1-2-9-21)11-15(20-16)22-10-4-7-17(12-22)6-3-5-13(17)23/h11,13,23H,1-10,12H2,(H2,18,19,20)/t13-,17-/m1/s1. The van der Waals surface area contributed by atoms with Gasteiger partial charge in [-0.3, -0.25) is 0 Å². The molecule has 3 heterocycles. The van der Waals surface area contributed by atoms with Gasteiger partial charge in [0.25, 0.3) is 0 Å². The highest BCUT2D eigenvalue weighted by Gasteiger charge is 2.45.